The highest BCUT2D eigenvalue weighted by Gasteiger charge is 2.19. The first kappa shape index (κ1) is 26.3. The summed E-state index contributed by atoms with van der Waals surface area (Å²) in [5.74, 6) is 0. The molecule has 0 fully saturated rings. The van der Waals surface area contributed by atoms with Gasteiger partial charge in [-0.1, -0.05) is 103 Å². The number of nitrogens with zero attached hydrogens (tertiary/aromatic N) is 1. The van der Waals surface area contributed by atoms with E-state index < -0.39 is 0 Å². The maximum Gasteiger partial charge on any atom is 0.143 e. The molecule has 0 saturated heterocycles. The summed E-state index contributed by atoms with van der Waals surface area (Å²) in [5, 5.41) is 9.71. The maximum absolute atomic E-state index is 6.59. The molecule has 2 heterocycles. The molecule has 3 heteroatoms. The first-order chi connectivity index (χ1) is 23.3. The van der Waals surface area contributed by atoms with Crippen LogP contribution < -0.4 is 4.90 Å². The van der Waals surface area contributed by atoms with Gasteiger partial charge in [0.05, 0.1) is 0 Å². The van der Waals surface area contributed by atoms with Crippen LogP contribution in [0.5, 0.6) is 0 Å². The van der Waals surface area contributed by atoms with E-state index in [9.17, 15) is 0 Å². The van der Waals surface area contributed by atoms with E-state index in [1.165, 1.54) is 52.8 Å². The lowest BCUT2D eigenvalue weighted by Gasteiger charge is -2.26. The molecule has 47 heavy (non-hydrogen) atoms. The number of thiophene rings is 1. The number of hydrogen-bond donors (Lipinski definition) is 0. The van der Waals surface area contributed by atoms with Gasteiger partial charge >= 0.3 is 0 Å². The first-order valence-electron chi connectivity index (χ1n) is 15.9. The molecular formula is C44H27NOS. The van der Waals surface area contributed by atoms with E-state index in [1.807, 2.05) is 11.3 Å². The number of benzene rings is 8. The summed E-state index contributed by atoms with van der Waals surface area (Å²) >= 11 is 1.84. The Labute approximate surface area is 275 Å². The van der Waals surface area contributed by atoms with Gasteiger partial charge in [0.2, 0.25) is 0 Å². The number of anilines is 3. The second-order valence-electron chi connectivity index (χ2n) is 12.1. The van der Waals surface area contributed by atoms with Crippen molar-refractivity contribution in [2.75, 3.05) is 4.90 Å². The van der Waals surface area contributed by atoms with Crippen LogP contribution >= 0.6 is 11.3 Å². The Morgan fingerprint density at radius 2 is 1.13 bits per heavy atom. The van der Waals surface area contributed by atoms with Crippen molar-refractivity contribution < 1.29 is 4.42 Å². The standard InChI is InChI=1S/C44H27NOS/c1-2-14-31(15-3-1)45(32-16-8-13-30(26-32)35-19-9-12-28-10-4-6-17-34(28)35)33-21-24-40-38(27-33)43-41(47-40)25-23-39-42(43)37-22-20-29-11-5-7-18-36(29)44(37)46-39/h1-27H. The van der Waals surface area contributed by atoms with Crippen LogP contribution in [0.25, 0.3) is 74.8 Å². The number of rotatable bonds is 4. The zero-order valence-corrected chi connectivity index (χ0v) is 26.2. The molecular weight excluding hydrogens is 591 g/mol. The highest BCUT2D eigenvalue weighted by molar-refractivity contribution is 7.26. The number of fused-ring (bicyclic) bond motifs is 10. The highest BCUT2D eigenvalue weighted by Crippen LogP contribution is 2.46. The Hall–Kier alpha value is -5.90. The van der Waals surface area contributed by atoms with Crippen molar-refractivity contribution in [1.29, 1.82) is 0 Å². The van der Waals surface area contributed by atoms with Crippen LogP contribution in [0.2, 0.25) is 0 Å². The van der Waals surface area contributed by atoms with Gasteiger partial charge in [-0.2, -0.15) is 0 Å². The van der Waals surface area contributed by atoms with E-state index in [0.717, 1.165) is 39.0 Å². The van der Waals surface area contributed by atoms with Crippen molar-refractivity contribution in [1.82, 2.24) is 0 Å². The Bertz CT molecular complexity index is 2800. The minimum atomic E-state index is 0.927. The molecule has 0 amide bonds. The van der Waals surface area contributed by atoms with Crippen LogP contribution in [0.3, 0.4) is 0 Å². The molecule has 0 N–H and O–H groups in total. The highest BCUT2D eigenvalue weighted by atomic mass is 32.1. The van der Waals surface area contributed by atoms with E-state index >= 15 is 0 Å². The van der Waals surface area contributed by atoms with Crippen molar-refractivity contribution in [3.63, 3.8) is 0 Å². The van der Waals surface area contributed by atoms with Gasteiger partial charge in [-0.25, -0.2) is 0 Å². The fourth-order valence-electron chi connectivity index (χ4n) is 7.30. The SMILES string of the molecule is c1ccc(N(c2cccc(-c3cccc4ccccc34)c2)c2ccc3sc4ccc5oc6c7ccccc7ccc6c5c4c3c2)cc1. The number of furan rings is 1. The zero-order valence-electron chi connectivity index (χ0n) is 25.4. The molecule has 0 radical (unpaired) electrons. The van der Waals surface area contributed by atoms with Crippen molar-refractivity contribution in [3.05, 3.63) is 164 Å². The van der Waals surface area contributed by atoms with Crippen LogP contribution in [0, 0.1) is 0 Å². The predicted octanol–water partition coefficient (Wildman–Crippen LogP) is 13.4. The van der Waals surface area contributed by atoms with Gasteiger partial charge in [-0.3, -0.25) is 0 Å². The average molecular weight is 618 g/mol. The van der Waals surface area contributed by atoms with Gasteiger partial charge in [0.1, 0.15) is 11.2 Å². The predicted molar refractivity (Wildman–Crippen MR) is 202 cm³/mol. The minimum Gasteiger partial charge on any atom is -0.455 e. The van der Waals surface area contributed by atoms with E-state index in [1.54, 1.807) is 0 Å². The van der Waals surface area contributed by atoms with Crippen LogP contribution in [0.4, 0.5) is 17.1 Å². The molecule has 10 rings (SSSR count). The van der Waals surface area contributed by atoms with Crippen LogP contribution in [0.1, 0.15) is 0 Å². The molecule has 0 bridgehead atoms. The fraction of sp³-hybridized carbons (Fsp3) is 0. The average Bonchev–Trinajstić information content (AvgIpc) is 3.70. The van der Waals surface area contributed by atoms with Gasteiger partial charge in [0.25, 0.3) is 0 Å². The topological polar surface area (TPSA) is 16.4 Å². The molecule has 220 valence electrons. The fourth-order valence-corrected chi connectivity index (χ4v) is 8.40. The maximum atomic E-state index is 6.59. The smallest absolute Gasteiger partial charge is 0.143 e. The largest absolute Gasteiger partial charge is 0.455 e. The Morgan fingerprint density at radius 3 is 2.02 bits per heavy atom. The molecule has 0 saturated carbocycles. The van der Waals surface area contributed by atoms with E-state index in [-0.39, 0.29) is 0 Å². The van der Waals surface area contributed by atoms with Crippen LogP contribution in [0.15, 0.2) is 168 Å². The third-order valence-corrected chi connectivity index (χ3v) is 10.6. The van der Waals surface area contributed by atoms with Gasteiger partial charge in [0, 0.05) is 53.4 Å². The molecule has 0 aliphatic heterocycles. The summed E-state index contributed by atoms with van der Waals surface area (Å²) in [7, 11) is 0. The molecule has 0 spiro atoms. The summed E-state index contributed by atoms with van der Waals surface area (Å²) in [6.45, 7) is 0. The normalized spacial score (nSPS) is 11.8. The van der Waals surface area contributed by atoms with Crippen molar-refractivity contribution in [2.24, 2.45) is 0 Å². The van der Waals surface area contributed by atoms with Crippen molar-refractivity contribution >= 4 is 92.1 Å². The first-order valence-corrected chi connectivity index (χ1v) is 16.7. The lowest BCUT2D eigenvalue weighted by molar-refractivity contribution is 0.673. The van der Waals surface area contributed by atoms with Gasteiger partial charge in [-0.15, -0.1) is 11.3 Å². The molecule has 2 nitrogen and oxygen atoms in total. The lowest BCUT2D eigenvalue weighted by Crippen LogP contribution is -2.09. The second kappa shape index (κ2) is 10.3. The monoisotopic (exact) mass is 617 g/mol. The Kier molecular flexibility index (Phi) is 5.78. The summed E-state index contributed by atoms with van der Waals surface area (Å²) in [6.07, 6.45) is 0. The summed E-state index contributed by atoms with van der Waals surface area (Å²) in [5.41, 5.74) is 7.67. The molecule has 0 aliphatic rings. The van der Waals surface area contributed by atoms with E-state index in [4.69, 9.17) is 4.42 Å². The Balaban J connectivity index is 1.21. The summed E-state index contributed by atoms with van der Waals surface area (Å²) < 4.78 is 9.12. The minimum absolute atomic E-state index is 0.927. The quantitative estimate of drug-likeness (QED) is 0.195. The van der Waals surface area contributed by atoms with Crippen LogP contribution in [-0.4, -0.2) is 0 Å². The molecule has 0 unspecified atom stereocenters. The van der Waals surface area contributed by atoms with Crippen molar-refractivity contribution in [3.8, 4) is 11.1 Å². The number of para-hydroxylation sites is 1. The van der Waals surface area contributed by atoms with Crippen LogP contribution in [-0.2, 0) is 0 Å². The molecule has 2 aromatic heterocycles. The Morgan fingerprint density at radius 1 is 0.426 bits per heavy atom. The second-order valence-corrected chi connectivity index (χ2v) is 13.2. The van der Waals surface area contributed by atoms with E-state index in [0.29, 0.717) is 0 Å². The van der Waals surface area contributed by atoms with E-state index in [2.05, 4.69) is 169 Å². The third kappa shape index (κ3) is 4.10. The molecule has 0 aliphatic carbocycles. The zero-order chi connectivity index (χ0) is 30.9. The third-order valence-electron chi connectivity index (χ3n) is 9.42. The molecule has 8 aromatic carbocycles. The van der Waals surface area contributed by atoms with Gasteiger partial charge in [-0.05, 0) is 87.9 Å². The van der Waals surface area contributed by atoms with Crippen molar-refractivity contribution in [2.45, 2.75) is 0 Å². The number of hydrogen-bond acceptors (Lipinski definition) is 3. The van der Waals surface area contributed by atoms with Gasteiger partial charge < -0.3 is 9.32 Å². The molecule has 0 atom stereocenters. The summed E-state index contributed by atoms with van der Waals surface area (Å²) in [4.78, 5) is 2.37. The summed E-state index contributed by atoms with van der Waals surface area (Å²) in [6, 6.07) is 59.0. The lowest BCUT2D eigenvalue weighted by atomic mass is 9.97. The molecule has 10 aromatic rings. The van der Waals surface area contributed by atoms with Gasteiger partial charge in [0.15, 0.2) is 0 Å².